The molecule has 1 heteroatoms. The highest BCUT2D eigenvalue weighted by atomic mass is 35.5. The molecule has 0 heterocycles. The lowest BCUT2D eigenvalue weighted by molar-refractivity contribution is 0.404. The van der Waals surface area contributed by atoms with Gasteiger partial charge in [-0.05, 0) is 30.5 Å². The van der Waals surface area contributed by atoms with Crippen LogP contribution in [0.3, 0.4) is 0 Å². The van der Waals surface area contributed by atoms with Gasteiger partial charge < -0.3 is 0 Å². The Hall–Kier alpha value is -1.27. The molecule has 0 saturated heterocycles. The SMILES string of the molecule is CC(C)(Cl)C(C)(C)c1ccc(-c2ccccc2)cc1. The van der Waals surface area contributed by atoms with E-state index in [0.717, 1.165) is 0 Å². The lowest BCUT2D eigenvalue weighted by atomic mass is 9.74. The van der Waals surface area contributed by atoms with Crippen LogP contribution in [0.15, 0.2) is 54.6 Å². The summed E-state index contributed by atoms with van der Waals surface area (Å²) >= 11 is 6.52. The molecule has 19 heavy (non-hydrogen) atoms. The highest BCUT2D eigenvalue weighted by Gasteiger charge is 2.36. The van der Waals surface area contributed by atoms with Crippen LogP contribution in [0.25, 0.3) is 11.1 Å². The molecule has 0 saturated carbocycles. The van der Waals surface area contributed by atoms with E-state index in [-0.39, 0.29) is 10.3 Å². The van der Waals surface area contributed by atoms with Gasteiger partial charge in [-0.15, -0.1) is 11.6 Å². The van der Waals surface area contributed by atoms with Crippen LogP contribution in [-0.4, -0.2) is 4.87 Å². The van der Waals surface area contributed by atoms with E-state index in [4.69, 9.17) is 11.6 Å². The largest absolute Gasteiger partial charge is 0.119 e. The molecule has 0 unspecified atom stereocenters. The average Bonchev–Trinajstić information content (AvgIpc) is 2.39. The second kappa shape index (κ2) is 5.02. The van der Waals surface area contributed by atoms with Crippen LogP contribution < -0.4 is 0 Å². The average molecular weight is 273 g/mol. The summed E-state index contributed by atoms with van der Waals surface area (Å²) in [7, 11) is 0. The molecule has 100 valence electrons. The normalized spacial score (nSPS) is 12.5. The summed E-state index contributed by atoms with van der Waals surface area (Å²) in [5.74, 6) is 0. The predicted octanol–water partition coefficient (Wildman–Crippen LogP) is 5.65. The van der Waals surface area contributed by atoms with E-state index >= 15 is 0 Å². The third-order valence-corrected chi connectivity index (χ3v) is 4.67. The number of hydrogen-bond donors (Lipinski definition) is 0. The summed E-state index contributed by atoms with van der Waals surface area (Å²) in [6.45, 7) is 8.52. The second-order valence-corrected chi connectivity index (χ2v) is 6.99. The number of alkyl halides is 1. The zero-order valence-electron chi connectivity index (χ0n) is 12.1. The first-order chi connectivity index (χ1) is 8.82. The van der Waals surface area contributed by atoms with Gasteiger partial charge in [0.05, 0.1) is 0 Å². The van der Waals surface area contributed by atoms with Crippen molar-refractivity contribution in [3.63, 3.8) is 0 Å². The summed E-state index contributed by atoms with van der Waals surface area (Å²) < 4.78 is 0. The van der Waals surface area contributed by atoms with Gasteiger partial charge in [-0.25, -0.2) is 0 Å². The zero-order chi connectivity index (χ0) is 14.1. The van der Waals surface area contributed by atoms with Crippen molar-refractivity contribution in [1.29, 1.82) is 0 Å². The second-order valence-electron chi connectivity index (χ2n) is 6.04. The molecule has 0 aliphatic rings. The number of hydrogen-bond acceptors (Lipinski definition) is 0. The Bertz CT molecular complexity index is 530. The van der Waals surface area contributed by atoms with Gasteiger partial charge in [0.15, 0.2) is 0 Å². The highest BCUT2D eigenvalue weighted by Crippen LogP contribution is 2.39. The van der Waals surface area contributed by atoms with Crippen molar-refractivity contribution in [3.05, 3.63) is 60.2 Å². The van der Waals surface area contributed by atoms with Crippen molar-refractivity contribution in [2.24, 2.45) is 0 Å². The molecular formula is C18H21Cl. The Kier molecular flexibility index (Phi) is 3.73. The van der Waals surface area contributed by atoms with Gasteiger partial charge in [0, 0.05) is 10.3 Å². The molecule has 0 fully saturated rings. The molecular weight excluding hydrogens is 252 g/mol. The van der Waals surface area contributed by atoms with E-state index in [9.17, 15) is 0 Å². The Morgan fingerprint density at radius 1 is 0.684 bits per heavy atom. The van der Waals surface area contributed by atoms with Crippen molar-refractivity contribution in [3.8, 4) is 11.1 Å². The molecule has 0 N–H and O–H groups in total. The fourth-order valence-corrected chi connectivity index (χ4v) is 2.16. The van der Waals surface area contributed by atoms with E-state index in [1.54, 1.807) is 0 Å². The minimum atomic E-state index is -0.277. The molecule has 0 bridgehead atoms. The van der Waals surface area contributed by atoms with Crippen molar-refractivity contribution in [1.82, 2.24) is 0 Å². The molecule has 0 amide bonds. The smallest absolute Gasteiger partial charge is 0.0481 e. The number of benzene rings is 2. The maximum Gasteiger partial charge on any atom is 0.0481 e. The quantitative estimate of drug-likeness (QED) is 0.634. The van der Waals surface area contributed by atoms with Crippen LogP contribution in [0.5, 0.6) is 0 Å². The minimum absolute atomic E-state index is 0.0657. The van der Waals surface area contributed by atoms with Crippen molar-refractivity contribution in [2.75, 3.05) is 0 Å². The van der Waals surface area contributed by atoms with Gasteiger partial charge in [0.2, 0.25) is 0 Å². The first kappa shape index (κ1) is 14.1. The molecule has 0 aromatic heterocycles. The lowest BCUT2D eigenvalue weighted by Gasteiger charge is -2.37. The van der Waals surface area contributed by atoms with Crippen molar-refractivity contribution < 1.29 is 0 Å². The third-order valence-electron chi connectivity index (χ3n) is 4.20. The summed E-state index contributed by atoms with van der Waals surface area (Å²) in [4.78, 5) is -0.277. The van der Waals surface area contributed by atoms with Crippen molar-refractivity contribution in [2.45, 2.75) is 38.0 Å². The van der Waals surface area contributed by atoms with Crippen LogP contribution >= 0.6 is 11.6 Å². The number of rotatable bonds is 3. The number of halogens is 1. The van der Waals surface area contributed by atoms with Gasteiger partial charge in [-0.3, -0.25) is 0 Å². The fourth-order valence-electron chi connectivity index (χ4n) is 2.05. The Morgan fingerprint density at radius 2 is 1.16 bits per heavy atom. The summed E-state index contributed by atoms with van der Waals surface area (Å²) in [6, 6.07) is 19.2. The molecule has 0 aliphatic heterocycles. The van der Waals surface area contributed by atoms with Gasteiger partial charge >= 0.3 is 0 Å². The van der Waals surface area contributed by atoms with Crippen LogP contribution in [0, 0.1) is 0 Å². The molecule has 2 aromatic rings. The van der Waals surface area contributed by atoms with Gasteiger partial charge in [0.25, 0.3) is 0 Å². The topological polar surface area (TPSA) is 0 Å². The zero-order valence-corrected chi connectivity index (χ0v) is 12.8. The molecule has 0 nitrogen and oxygen atoms in total. The monoisotopic (exact) mass is 272 g/mol. The lowest BCUT2D eigenvalue weighted by Crippen LogP contribution is -2.37. The molecule has 0 spiro atoms. The molecule has 0 radical (unpaired) electrons. The predicted molar refractivity (Wildman–Crippen MR) is 84.8 cm³/mol. The van der Waals surface area contributed by atoms with Gasteiger partial charge in [-0.1, -0.05) is 68.4 Å². The van der Waals surface area contributed by atoms with E-state index in [0.29, 0.717) is 0 Å². The minimum Gasteiger partial charge on any atom is -0.119 e. The summed E-state index contributed by atoms with van der Waals surface area (Å²) in [5.41, 5.74) is 3.70. The fraction of sp³-hybridized carbons (Fsp3) is 0.333. The van der Waals surface area contributed by atoms with Gasteiger partial charge in [0.1, 0.15) is 0 Å². The van der Waals surface area contributed by atoms with E-state index in [1.165, 1.54) is 16.7 Å². The first-order valence-electron chi connectivity index (χ1n) is 6.67. The first-order valence-corrected chi connectivity index (χ1v) is 7.05. The standard InChI is InChI=1S/C18H21Cl/c1-17(2,18(3,4)19)16-12-10-15(11-13-16)14-8-6-5-7-9-14/h5-13H,1-4H3. The Morgan fingerprint density at radius 3 is 1.63 bits per heavy atom. The Balaban J connectivity index is 2.35. The maximum absolute atomic E-state index is 6.52. The van der Waals surface area contributed by atoms with Crippen LogP contribution in [-0.2, 0) is 5.41 Å². The Labute approximate surface area is 121 Å². The van der Waals surface area contributed by atoms with Crippen LogP contribution in [0.4, 0.5) is 0 Å². The summed E-state index contributed by atoms with van der Waals surface area (Å²) in [5, 5.41) is 0. The van der Waals surface area contributed by atoms with Crippen LogP contribution in [0.1, 0.15) is 33.3 Å². The molecule has 2 rings (SSSR count). The van der Waals surface area contributed by atoms with Crippen molar-refractivity contribution >= 4 is 11.6 Å². The molecule has 0 atom stereocenters. The third kappa shape index (κ3) is 2.84. The molecule has 0 aliphatic carbocycles. The summed E-state index contributed by atoms with van der Waals surface area (Å²) in [6.07, 6.45) is 0. The highest BCUT2D eigenvalue weighted by molar-refractivity contribution is 6.24. The van der Waals surface area contributed by atoms with Crippen LogP contribution in [0.2, 0.25) is 0 Å². The van der Waals surface area contributed by atoms with E-state index < -0.39 is 0 Å². The molecule has 2 aromatic carbocycles. The van der Waals surface area contributed by atoms with E-state index in [2.05, 4.69) is 76.2 Å². The van der Waals surface area contributed by atoms with E-state index in [1.807, 2.05) is 6.07 Å². The maximum atomic E-state index is 6.52. The van der Waals surface area contributed by atoms with Gasteiger partial charge in [-0.2, -0.15) is 0 Å².